The van der Waals surface area contributed by atoms with Crippen LogP contribution in [0.4, 0.5) is 0 Å². The lowest BCUT2D eigenvalue weighted by atomic mass is 10.0. The first-order valence-corrected chi connectivity index (χ1v) is 11.0. The summed E-state index contributed by atoms with van der Waals surface area (Å²) in [4.78, 5) is 17.4. The molecule has 1 aliphatic rings. The van der Waals surface area contributed by atoms with Crippen LogP contribution in [0.25, 0.3) is 0 Å². The summed E-state index contributed by atoms with van der Waals surface area (Å²) in [5, 5.41) is 0. The maximum absolute atomic E-state index is 13.2. The number of hydrogen-bond acceptors (Lipinski definition) is 5. The molecule has 0 saturated carbocycles. The van der Waals surface area contributed by atoms with Crippen LogP contribution in [-0.2, 0) is 14.8 Å². The molecule has 1 aliphatic heterocycles. The number of ether oxygens (including phenoxy) is 1. The third-order valence-corrected chi connectivity index (χ3v) is 6.52. The fourth-order valence-electron chi connectivity index (χ4n) is 3.43. The molecule has 1 heterocycles. The average Bonchev–Trinajstić information content (AvgIpc) is 2.74. The summed E-state index contributed by atoms with van der Waals surface area (Å²) in [6.07, 6.45) is 0. The van der Waals surface area contributed by atoms with E-state index in [0.717, 1.165) is 18.7 Å². The van der Waals surface area contributed by atoms with Gasteiger partial charge >= 0.3 is 0 Å². The van der Waals surface area contributed by atoms with Gasteiger partial charge in [0.05, 0.1) is 17.5 Å². The van der Waals surface area contributed by atoms with Crippen molar-refractivity contribution in [1.82, 2.24) is 14.5 Å². The second-order valence-corrected chi connectivity index (χ2v) is 8.87. The number of piperazine rings is 1. The highest BCUT2D eigenvalue weighted by molar-refractivity contribution is 7.89. The van der Waals surface area contributed by atoms with Gasteiger partial charge in [-0.05, 0) is 36.9 Å². The Hall–Kier alpha value is -2.26. The number of nitrogens with zero attached hydrogens (tertiary/aromatic N) is 2. The molecule has 29 heavy (non-hydrogen) atoms. The Kier molecular flexibility index (Phi) is 7.02. The first-order valence-electron chi connectivity index (χ1n) is 9.55. The molecule has 8 heteroatoms. The van der Waals surface area contributed by atoms with Gasteiger partial charge in [0.2, 0.25) is 10.0 Å². The van der Waals surface area contributed by atoms with Gasteiger partial charge in [-0.15, -0.1) is 0 Å². The van der Waals surface area contributed by atoms with E-state index in [1.54, 1.807) is 12.1 Å². The fraction of sp³-hybridized carbons (Fsp3) is 0.381. The van der Waals surface area contributed by atoms with E-state index < -0.39 is 10.0 Å². The average molecular weight is 418 g/mol. The molecule has 1 atom stereocenters. The van der Waals surface area contributed by atoms with Crippen molar-refractivity contribution in [2.24, 2.45) is 0 Å². The molecule has 0 unspecified atom stereocenters. The number of benzene rings is 2. The van der Waals surface area contributed by atoms with Crippen LogP contribution in [0.2, 0.25) is 0 Å². The van der Waals surface area contributed by atoms with E-state index in [1.807, 2.05) is 42.3 Å². The summed E-state index contributed by atoms with van der Waals surface area (Å²) in [6.45, 7) is 2.66. The van der Waals surface area contributed by atoms with Gasteiger partial charge < -0.3 is 14.5 Å². The van der Waals surface area contributed by atoms with Gasteiger partial charge in [0.1, 0.15) is 0 Å². The van der Waals surface area contributed by atoms with Crippen LogP contribution in [0.15, 0.2) is 59.5 Å². The lowest BCUT2D eigenvalue weighted by Gasteiger charge is -2.40. The largest absolute Gasteiger partial charge is 0.383 e. The predicted molar refractivity (Wildman–Crippen MR) is 111 cm³/mol. The molecule has 0 radical (unpaired) electrons. The number of methoxy groups -OCH3 is 1. The van der Waals surface area contributed by atoms with Crippen molar-refractivity contribution >= 4 is 15.9 Å². The molecule has 1 N–H and O–H groups in total. The van der Waals surface area contributed by atoms with Crippen molar-refractivity contribution in [3.8, 4) is 0 Å². The highest BCUT2D eigenvalue weighted by Crippen LogP contribution is 2.26. The van der Waals surface area contributed by atoms with E-state index in [9.17, 15) is 13.2 Å². The second-order valence-electron chi connectivity index (χ2n) is 7.10. The van der Waals surface area contributed by atoms with Crippen molar-refractivity contribution in [3.05, 3.63) is 65.7 Å². The van der Waals surface area contributed by atoms with Crippen molar-refractivity contribution < 1.29 is 17.9 Å². The summed E-state index contributed by atoms with van der Waals surface area (Å²) in [5.74, 6) is -0.0942. The third kappa shape index (κ3) is 5.22. The lowest BCUT2D eigenvalue weighted by molar-refractivity contribution is 0.0498. The molecule has 3 rings (SSSR count). The molecule has 2 aromatic rings. The summed E-state index contributed by atoms with van der Waals surface area (Å²) < 4.78 is 31.9. The van der Waals surface area contributed by atoms with Crippen LogP contribution in [0.1, 0.15) is 22.0 Å². The summed E-state index contributed by atoms with van der Waals surface area (Å²) in [7, 11) is -0.0632. The highest BCUT2D eigenvalue weighted by atomic mass is 32.2. The Balaban J connectivity index is 1.78. The summed E-state index contributed by atoms with van der Waals surface area (Å²) in [5.41, 5.74) is 1.57. The Morgan fingerprint density at radius 2 is 1.79 bits per heavy atom. The molecule has 1 fully saturated rings. The minimum Gasteiger partial charge on any atom is -0.383 e. The Labute approximate surface area is 172 Å². The fourth-order valence-corrected chi connectivity index (χ4v) is 4.44. The van der Waals surface area contributed by atoms with Gasteiger partial charge in [0.15, 0.2) is 0 Å². The molecule has 0 aliphatic carbocycles. The molecular weight excluding hydrogens is 390 g/mol. The molecule has 2 aromatic carbocycles. The first-order chi connectivity index (χ1) is 13.9. The number of carbonyl (C=O) groups is 1. The molecule has 7 nitrogen and oxygen atoms in total. The van der Waals surface area contributed by atoms with Gasteiger partial charge in [0, 0.05) is 38.9 Å². The zero-order valence-electron chi connectivity index (χ0n) is 16.7. The molecule has 156 valence electrons. The van der Waals surface area contributed by atoms with Gasteiger partial charge in [-0.25, -0.2) is 13.1 Å². The molecule has 0 aromatic heterocycles. The van der Waals surface area contributed by atoms with E-state index in [-0.39, 0.29) is 23.4 Å². The minimum absolute atomic E-state index is 0.0402. The number of nitrogens with one attached hydrogen (secondary N) is 1. The SMILES string of the molecule is COCCNS(=O)(=O)c1ccc(C(=O)N2CCN(C)C[C@@H]2c2ccccc2)cc1. The van der Waals surface area contributed by atoms with E-state index in [2.05, 4.69) is 9.62 Å². The van der Waals surface area contributed by atoms with E-state index >= 15 is 0 Å². The zero-order chi connectivity index (χ0) is 20.9. The maximum atomic E-state index is 13.2. The zero-order valence-corrected chi connectivity index (χ0v) is 17.6. The van der Waals surface area contributed by atoms with Crippen LogP contribution in [0.5, 0.6) is 0 Å². The molecule has 1 saturated heterocycles. The van der Waals surface area contributed by atoms with Gasteiger partial charge in [0.25, 0.3) is 5.91 Å². The quantitative estimate of drug-likeness (QED) is 0.695. The lowest BCUT2D eigenvalue weighted by Crippen LogP contribution is -2.49. The minimum atomic E-state index is -3.62. The number of amides is 1. The van der Waals surface area contributed by atoms with E-state index in [4.69, 9.17) is 4.74 Å². The number of likely N-dealkylation sites (N-methyl/N-ethyl adjacent to an activating group) is 1. The monoisotopic (exact) mass is 417 g/mol. The van der Waals surface area contributed by atoms with Gasteiger partial charge in [-0.1, -0.05) is 30.3 Å². The Morgan fingerprint density at radius 3 is 2.45 bits per heavy atom. The van der Waals surface area contributed by atoms with E-state index in [1.165, 1.54) is 19.2 Å². The highest BCUT2D eigenvalue weighted by Gasteiger charge is 2.30. The van der Waals surface area contributed by atoms with Crippen LogP contribution >= 0.6 is 0 Å². The molecular formula is C21H27N3O4S. The Morgan fingerprint density at radius 1 is 1.10 bits per heavy atom. The van der Waals surface area contributed by atoms with Crippen LogP contribution in [0, 0.1) is 0 Å². The molecule has 0 spiro atoms. The van der Waals surface area contributed by atoms with Crippen molar-refractivity contribution in [1.29, 1.82) is 0 Å². The van der Waals surface area contributed by atoms with Gasteiger partial charge in [-0.2, -0.15) is 0 Å². The van der Waals surface area contributed by atoms with Crippen LogP contribution < -0.4 is 4.72 Å². The second kappa shape index (κ2) is 9.49. The Bertz CT molecular complexity index is 917. The normalized spacial score (nSPS) is 18.0. The van der Waals surface area contributed by atoms with Gasteiger partial charge in [-0.3, -0.25) is 4.79 Å². The summed E-state index contributed by atoms with van der Waals surface area (Å²) >= 11 is 0. The van der Waals surface area contributed by atoms with Crippen molar-refractivity contribution in [2.45, 2.75) is 10.9 Å². The van der Waals surface area contributed by atoms with Crippen LogP contribution in [0.3, 0.4) is 0 Å². The maximum Gasteiger partial charge on any atom is 0.254 e. The number of carbonyl (C=O) groups excluding carboxylic acids is 1. The predicted octanol–water partition coefficient (Wildman–Crippen LogP) is 1.74. The molecule has 0 bridgehead atoms. The topological polar surface area (TPSA) is 78.9 Å². The smallest absolute Gasteiger partial charge is 0.254 e. The van der Waals surface area contributed by atoms with Crippen LogP contribution in [-0.4, -0.2) is 71.1 Å². The third-order valence-electron chi connectivity index (χ3n) is 5.04. The number of rotatable bonds is 7. The number of sulfonamides is 1. The molecule has 1 amide bonds. The number of hydrogen-bond donors (Lipinski definition) is 1. The van der Waals surface area contributed by atoms with Crippen molar-refractivity contribution in [2.75, 3.05) is 46.9 Å². The van der Waals surface area contributed by atoms with E-state index in [0.29, 0.717) is 18.7 Å². The standard InChI is InChI=1S/C21H27N3O4S/c1-23-13-14-24(20(16-23)17-6-4-3-5-7-17)21(25)18-8-10-19(11-9-18)29(26,27)22-12-15-28-2/h3-11,20,22H,12-16H2,1-2H3/t20-/m1/s1. The first kappa shape index (κ1) is 21.4. The van der Waals surface area contributed by atoms with Crippen molar-refractivity contribution in [3.63, 3.8) is 0 Å². The summed E-state index contributed by atoms with van der Waals surface area (Å²) in [6, 6.07) is 16.0.